The van der Waals surface area contributed by atoms with E-state index in [1.807, 2.05) is 23.1 Å². The lowest BCUT2D eigenvalue weighted by Gasteiger charge is -2.29. The van der Waals surface area contributed by atoms with Crippen molar-refractivity contribution in [3.8, 4) is 0 Å². The first-order valence-electron chi connectivity index (χ1n) is 10.4. The number of benzene rings is 2. The number of hydrogen-bond acceptors (Lipinski definition) is 3. The fourth-order valence-electron chi connectivity index (χ4n) is 4.18. The van der Waals surface area contributed by atoms with Gasteiger partial charge in [-0.15, -0.1) is 0 Å². The number of carbonyl (C=O) groups is 1. The molecule has 2 aromatic heterocycles. The number of fused-ring (bicyclic) bond motifs is 2. The van der Waals surface area contributed by atoms with Crippen molar-refractivity contribution >= 4 is 22.6 Å². The Kier molecular flexibility index (Phi) is 4.93. The van der Waals surface area contributed by atoms with Crippen molar-refractivity contribution in [3.05, 3.63) is 95.3 Å². The fourth-order valence-corrected chi connectivity index (χ4v) is 4.18. The molecule has 0 saturated heterocycles. The standard InChI is InChI=1S/C25H24N4O/c30-25(29-14-11-18-5-1-2-6-21(18)17-29)19-9-12-26-24(15-19)27-13-10-20-16-28-23-8-4-3-7-22(20)23/h1-9,12,15-16,28H,10-11,13-14,17H2,(H,26,27). The van der Waals surface area contributed by atoms with E-state index in [2.05, 4.69) is 57.9 Å². The van der Waals surface area contributed by atoms with Crippen LogP contribution in [0.2, 0.25) is 0 Å². The van der Waals surface area contributed by atoms with E-state index < -0.39 is 0 Å². The maximum absolute atomic E-state index is 13.0. The van der Waals surface area contributed by atoms with Crippen LogP contribution in [0.25, 0.3) is 10.9 Å². The van der Waals surface area contributed by atoms with Gasteiger partial charge in [0.15, 0.2) is 0 Å². The molecule has 0 bridgehead atoms. The van der Waals surface area contributed by atoms with Gasteiger partial charge >= 0.3 is 0 Å². The largest absolute Gasteiger partial charge is 0.370 e. The first-order chi connectivity index (χ1) is 14.8. The summed E-state index contributed by atoms with van der Waals surface area (Å²) in [6, 6.07) is 20.3. The van der Waals surface area contributed by atoms with Crippen LogP contribution in [0.4, 0.5) is 5.82 Å². The Morgan fingerprint density at radius 2 is 1.90 bits per heavy atom. The number of rotatable bonds is 5. The second-order valence-corrected chi connectivity index (χ2v) is 7.71. The van der Waals surface area contributed by atoms with Crippen LogP contribution in [0.3, 0.4) is 0 Å². The number of para-hydroxylation sites is 1. The molecular weight excluding hydrogens is 372 g/mol. The lowest BCUT2D eigenvalue weighted by Crippen LogP contribution is -2.36. The number of anilines is 1. The van der Waals surface area contributed by atoms with Crippen LogP contribution in [-0.2, 0) is 19.4 Å². The van der Waals surface area contributed by atoms with Gasteiger partial charge in [0.1, 0.15) is 5.82 Å². The lowest BCUT2D eigenvalue weighted by molar-refractivity contribution is 0.0734. The Hall–Kier alpha value is -3.60. The molecule has 0 saturated carbocycles. The minimum Gasteiger partial charge on any atom is -0.370 e. The zero-order valence-corrected chi connectivity index (χ0v) is 16.8. The zero-order valence-electron chi connectivity index (χ0n) is 16.8. The van der Waals surface area contributed by atoms with Crippen LogP contribution in [0.15, 0.2) is 73.1 Å². The number of carbonyl (C=O) groups excluding carboxylic acids is 1. The Labute approximate surface area is 175 Å². The van der Waals surface area contributed by atoms with E-state index in [1.165, 1.54) is 22.1 Å². The summed E-state index contributed by atoms with van der Waals surface area (Å²) in [6.07, 6.45) is 5.56. The molecule has 150 valence electrons. The number of aromatic amines is 1. The number of pyridine rings is 1. The predicted octanol–water partition coefficient (Wildman–Crippen LogP) is 4.42. The van der Waals surface area contributed by atoms with E-state index in [0.29, 0.717) is 12.1 Å². The minimum atomic E-state index is 0.0616. The van der Waals surface area contributed by atoms with E-state index in [9.17, 15) is 4.79 Å². The lowest BCUT2D eigenvalue weighted by atomic mass is 9.99. The molecule has 0 fully saturated rings. The monoisotopic (exact) mass is 396 g/mol. The molecule has 1 aliphatic heterocycles. The molecule has 1 aliphatic rings. The van der Waals surface area contributed by atoms with Gasteiger partial charge in [-0.3, -0.25) is 4.79 Å². The molecule has 5 heteroatoms. The first kappa shape index (κ1) is 18.4. The van der Waals surface area contributed by atoms with Crippen LogP contribution in [0.5, 0.6) is 0 Å². The minimum absolute atomic E-state index is 0.0616. The molecule has 5 rings (SSSR count). The summed E-state index contributed by atoms with van der Waals surface area (Å²) >= 11 is 0. The SMILES string of the molecule is O=C(c1ccnc(NCCc2c[nH]c3ccccc23)c1)N1CCc2ccccc2C1. The molecule has 5 nitrogen and oxygen atoms in total. The van der Waals surface area contributed by atoms with Gasteiger partial charge in [0.25, 0.3) is 5.91 Å². The van der Waals surface area contributed by atoms with Crippen molar-refractivity contribution in [1.29, 1.82) is 0 Å². The smallest absolute Gasteiger partial charge is 0.254 e. The van der Waals surface area contributed by atoms with Crippen molar-refractivity contribution in [3.63, 3.8) is 0 Å². The maximum Gasteiger partial charge on any atom is 0.254 e. The molecule has 0 aliphatic carbocycles. The summed E-state index contributed by atoms with van der Waals surface area (Å²) in [5.74, 6) is 0.796. The van der Waals surface area contributed by atoms with Gasteiger partial charge in [0, 0.05) is 48.5 Å². The van der Waals surface area contributed by atoms with Crippen molar-refractivity contribution in [2.24, 2.45) is 0 Å². The number of aromatic nitrogens is 2. The summed E-state index contributed by atoms with van der Waals surface area (Å²) in [5.41, 5.74) is 5.69. The van der Waals surface area contributed by atoms with E-state index in [4.69, 9.17) is 0 Å². The average molecular weight is 396 g/mol. The molecule has 0 radical (unpaired) electrons. The quantitative estimate of drug-likeness (QED) is 0.525. The highest BCUT2D eigenvalue weighted by atomic mass is 16.2. The van der Waals surface area contributed by atoms with Gasteiger partial charge in [-0.2, -0.15) is 0 Å². The molecule has 3 heterocycles. The number of amides is 1. The van der Waals surface area contributed by atoms with E-state index in [0.717, 1.165) is 37.3 Å². The van der Waals surface area contributed by atoms with E-state index >= 15 is 0 Å². The van der Waals surface area contributed by atoms with Gasteiger partial charge in [0.05, 0.1) is 0 Å². The molecular formula is C25H24N4O. The molecule has 0 atom stereocenters. The third-order valence-electron chi connectivity index (χ3n) is 5.80. The van der Waals surface area contributed by atoms with Gasteiger partial charge in [-0.05, 0) is 47.7 Å². The number of H-pyrrole nitrogens is 1. The highest BCUT2D eigenvalue weighted by Gasteiger charge is 2.21. The second kappa shape index (κ2) is 8.03. The number of hydrogen-bond donors (Lipinski definition) is 2. The van der Waals surface area contributed by atoms with E-state index in [1.54, 1.807) is 12.3 Å². The zero-order chi connectivity index (χ0) is 20.3. The van der Waals surface area contributed by atoms with Crippen molar-refractivity contribution in [2.75, 3.05) is 18.4 Å². The third kappa shape index (κ3) is 3.66. The summed E-state index contributed by atoms with van der Waals surface area (Å²) in [6.45, 7) is 2.17. The molecule has 0 unspecified atom stereocenters. The van der Waals surface area contributed by atoms with Crippen LogP contribution < -0.4 is 5.32 Å². The molecule has 30 heavy (non-hydrogen) atoms. The van der Waals surface area contributed by atoms with Crippen molar-refractivity contribution < 1.29 is 4.79 Å². The first-order valence-corrected chi connectivity index (χ1v) is 10.4. The van der Waals surface area contributed by atoms with Crippen LogP contribution in [0, 0.1) is 0 Å². The summed E-state index contributed by atoms with van der Waals surface area (Å²) in [5, 5.41) is 4.62. The van der Waals surface area contributed by atoms with Crippen molar-refractivity contribution in [2.45, 2.75) is 19.4 Å². The van der Waals surface area contributed by atoms with Crippen LogP contribution in [-0.4, -0.2) is 33.9 Å². The second-order valence-electron chi connectivity index (χ2n) is 7.71. The number of nitrogens with one attached hydrogen (secondary N) is 2. The molecule has 2 aromatic carbocycles. The molecule has 0 spiro atoms. The van der Waals surface area contributed by atoms with Crippen molar-refractivity contribution in [1.82, 2.24) is 14.9 Å². The third-order valence-corrected chi connectivity index (χ3v) is 5.80. The Morgan fingerprint density at radius 3 is 2.83 bits per heavy atom. The van der Waals surface area contributed by atoms with E-state index in [-0.39, 0.29) is 5.91 Å². The Balaban J connectivity index is 1.24. The molecule has 4 aromatic rings. The number of nitrogens with zero attached hydrogens (tertiary/aromatic N) is 2. The van der Waals surface area contributed by atoms with Gasteiger partial charge in [-0.1, -0.05) is 42.5 Å². The summed E-state index contributed by atoms with van der Waals surface area (Å²) in [4.78, 5) is 22.7. The summed E-state index contributed by atoms with van der Waals surface area (Å²) < 4.78 is 0. The summed E-state index contributed by atoms with van der Waals surface area (Å²) in [7, 11) is 0. The maximum atomic E-state index is 13.0. The normalized spacial score (nSPS) is 13.3. The van der Waals surface area contributed by atoms with Crippen LogP contribution >= 0.6 is 0 Å². The average Bonchev–Trinajstić information content (AvgIpc) is 3.22. The van der Waals surface area contributed by atoms with Crippen LogP contribution in [0.1, 0.15) is 27.0 Å². The predicted molar refractivity (Wildman–Crippen MR) is 120 cm³/mol. The molecule has 2 N–H and O–H groups in total. The molecule has 1 amide bonds. The Bertz CT molecular complexity index is 1200. The highest BCUT2D eigenvalue weighted by molar-refractivity contribution is 5.95. The van der Waals surface area contributed by atoms with Gasteiger partial charge in [0.2, 0.25) is 0 Å². The highest BCUT2D eigenvalue weighted by Crippen LogP contribution is 2.21. The van der Waals surface area contributed by atoms with Gasteiger partial charge in [-0.25, -0.2) is 4.98 Å². The van der Waals surface area contributed by atoms with Gasteiger partial charge < -0.3 is 15.2 Å². The topological polar surface area (TPSA) is 61.0 Å². The fraction of sp³-hybridized carbons (Fsp3) is 0.200. The Morgan fingerprint density at radius 1 is 1.07 bits per heavy atom.